The number of carbonyl (C=O) groups is 1. The second kappa shape index (κ2) is 6.60. The lowest BCUT2D eigenvalue weighted by molar-refractivity contribution is 0.0942. The molecule has 0 aromatic carbocycles. The normalized spacial score (nSPS) is 19.7. The van der Waals surface area contributed by atoms with Crippen LogP contribution in [0.3, 0.4) is 0 Å². The molecule has 1 aromatic rings. The third-order valence-electron chi connectivity index (χ3n) is 4.48. The van der Waals surface area contributed by atoms with Crippen LogP contribution in [0.15, 0.2) is 4.52 Å². The summed E-state index contributed by atoms with van der Waals surface area (Å²) >= 11 is 0. The highest BCUT2D eigenvalue weighted by Gasteiger charge is 2.37. The lowest BCUT2D eigenvalue weighted by Gasteiger charge is -2.23. The van der Waals surface area contributed by atoms with Crippen LogP contribution in [0.1, 0.15) is 79.1 Å². The van der Waals surface area contributed by atoms with E-state index in [1.165, 1.54) is 12.8 Å². The number of nitrogens with zero attached hydrogens (tertiary/aromatic N) is 1. The highest BCUT2D eigenvalue weighted by Crippen LogP contribution is 2.45. The molecule has 2 fully saturated rings. The van der Waals surface area contributed by atoms with Crippen LogP contribution in [0.4, 0.5) is 0 Å². The molecular formula is C16H25N3O2. The first-order chi connectivity index (χ1) is 10.3. The molecule has 1 aliphatic carbocycles. The number of aromatic nitrogens is 1. The van der Waals surface area contributed by atoms with E-state index >= 15 is 0 Å². The molecule has 0 radical (unpaired) electrons. The zero-order valence-electron chi connectivity index (χ0n) is 12.8. The Balaban J connectivity index is 1.80. The third kappa shape index (κ3) is 3.28. The molecule has 1 aliphatic heterocycles. The average Bonchev–Trinajstić information content (AvgIpc) is 3.26. The van der Waals surface area contributed by atoms with Gasteiger partial charge in [0, 0.05) is 18.0 Å². The molecule has 1 saturated carbocycles. The first-order valence-corrected chi connectivity index (χ1v) is 8.29. The van der Waals surface area contributed by atoms with Crippen molar-refractivity contribution in [1.82, 2.24) is 15.8 Å². The quantitative estimate of drug-likeness (QED) is 0.790. The Kier molecular flexibility index (Phi) is 4.58. The summed E-state index contributed by atoms with van der Waals surface area (Å²) in [7, 11) is 0. The van der Waals surface area contributed by atoms with Gasteiger partial charge < -0.3 is 15.2 Å². The van der Waals surface area contributed by atoms with Gasteiger partial charge in [0.1, 0.15) is 5.76 Å². The SMILES string of the molecule is CCCCNC(=O)c1noc(C2CC2)c1C1CCNCC1. The summed E-state index contributed by atoms with van der Waals surface area (Å²) in [6.07, 6.45) is 6.55. The monoisotopic (exact) mass is 291 g/mol. The number of nitrogens with one attached hydrogen (secondary N) is 2. The molecule has 0 atom stereocenters. The second-order valence-electron chi connectivity index (χ2n) is 6.22. The van der Waals surface area contributed by atoms with E-state index < -0.39 is 0 Å². The van der Waals surface area contributed by atoms with Crippen molar-refractivity contribution in [3.05, 3.63) is 17.0 Å². The number of rotatable bonds is 6. The van der Waals surface area contributed by atoms with Crippen molar-refractivity contribution in [2.45, 2.75) is 57.3 Å². The molecule has 1 amide bonds. The van der Waals surface area contributed by atoms with E-state index in [0.717, 1.165) is 50.1 Å². The van der Waals surface area contributed by atoms with Crippen LogP contribution in [0.5, 0.6) is 0 Å². The van der Waals surface area contributed by atoms with Gasteiger partial charge in [-0.25, -0.2) is 0 Å². The standard InChI is InChI=1S/C16H25N3O2/c1-2-3-8-18-16(20)14-13(11-6-9-17-10-7-11)15(21-19-14)12-4-5-12/h11-12,17H,2-10H2,1H3,(H,18,20). The number of hydrogen-bond donors (Lipinski definition) is 2. The molecule has 0 unspecified atom stereocenters. The van der Waals surface area contributed by atoms with Crippen molar-refractivity contribution >= 4 is 5.91 Å². The molecule has 1 saturated heterocycles. The zero-order valence-corrected chi connectivity index (χ0v) is 12.8. The van der Waals surface area contributed by atoms with E-state index in [2.05, 4.69) is 22.7 Å². The van der Waals surface area contributed by atoms with Crippen molar-refractivity contribution in [3.63, 3.8) is 0 Å². The van der Waals surface area contributed by atoms with Crippen LogP contribution in [-0.4, -0.2) is 30.7 Å². The van der Waals surface area contributed by atoms with E-state index in [9.17, 15) is 4.79 Å². The molecule has 2 N–H and O–H groups in total. The molecule has 0 spiro atoms. The molecule has 5 heteroatoms. The molecule has 3 rings (SSSR count). The fraction of sp³-hybridized carbons (Fsp3) is 0.750. The number of hydrogen-bond acceptors (Lipinski definition) is 4. The lowest BCUT2D eigenvalue weighted by atomic mass is 9.87. The highest BCUT2D eigenvalue weighted by atomic mass is 16.5. The molecule has 2 aliphatic rings. The van der Waals surface area contributed by atoms with Gasteiger partial charge in [0.25, 0.3) is 5.91 Å². The predicted molar refractivity (Wildman–Crippen MR) is 80.6 cm³/mol. The lowest BCUT2D eigenvalue weighted by Crippen LogP contribution is -2.30. The van der Waals surface area contributed by atoms with Crippen molar-refractivity contribution in [1.29, 1.82) is 0 Å². The molecule has 2 heterocycles. The summed E-state index contributed by atoms with van der Waals surface area (Å²) < 4.78 is 5.57. The minimum Gasteiger partial charge on any atom is -0.360 e. The van der Waals surface area contributed by atoms with Crippen LogP contribution < -0.4 is 10.6 Å². The van der Waals surface area contributed by atoms with Gasteiger partial charge >= 0.3 is 0 Å². The Morgan fingerprint density at radius 2 is 2.05 bits per heavy atom. The summed E-state index contributed by atoms with van der Waals surface area (Å²) in [6.45, 7) is 4.86. The molecule has 1 aromatic heterocycles. The fourth-order valence-corrected chi connectivity index (χ4v) is 3.08. The largest absolute Gasteiger partial charge is 0.360 e. The Morgan fingerprint density at radius 1 is 1.29 bits per heavy atom. The van der Waals surface area contributed by atoms with Gasteiger partial charge in [0.15, 0.2) is 5.69 Å². The molecule has 5 nitrogen and oxygen atoms in total. The first kappa shape index (κ1) is 14.6. The van der Waals surface area contributed by atoms with E-state index in [1.54, 1.807) is 0 Å². The van der Waals surface area contributed by atoms with Crippen LogP contribution in [0.2, 0.25) is 0 Å². The van der Waals surface area contributed by atoms with Crippen molar-refractivity contribution in [2.24, 2.45) is 0 Å². The number of amides is 1. The van der Waals surface area contributed by atoms with E-state index in [4.69, 9.17) is 4.52 Å². The second-order valence-corrected chi connectivity index (χ2v) is 6.22. The molecule has 21 heavy (non-hydrogen) atoms. The minimum absolute atomic E-state index is 0.0624. The van der Waals surface area contributed by atoms with E-state index in [0.29, 0.717) is 24.1 Å². The molecule has 116 valence electrons. The summed E-state index contributed by atoms with van der Waals surface area (Å²) in [5, 5.41) is 10.5. The van der Waals surface area contributed by atoms with Gasteiger partial charge in [0.2, 0.25) is 0 Å². The summed E-state index contributed by atoms with van der Waals surface area (Å²) in [5.41, 5.74) is 1.65. The summed E-state index contributed by atoms with van der Waals surface area (Å²) in [6, 6.07) is 0. The zero-order chi connectivity index (χ0) is 14.7. The highest BCUT2D eigenvalue weighted by molar-refractivity contribution is 5.94. The Hall–Kier alpha value is -1.36. The van der Waals surface area contributed by atoms with E-state index in [-0.39, 0.29) is 5.91 Å². The number of carbonyl (C=O) groups excluding carboxylic acids is 1. The maximum absolute atomic E-state index is 12.4. The van der Waals surface area contributed by atoms with Crippen molar-refractivity contribution in [2.75, 3.05) is 19.6 Å². The van der Waals surface area contributed by atoms with Crippen LogP contribution in [-0.2, 0) is 0 Å². The van der Waals surface area contributed by atoms with Crippen molar-refractivity contribution < 1.29 is 9.32 Å². The van der Waals surface area contributed by atoms with Gasteiger partial charge in [-0.15, -0.1) is 0 Å². The summed E-state index contributed by atoms with van der Waals surface area (Å²) in [4.78, 5) is 12.4. The molecular weight excluding hydrogens is 266 g/mol. The van der Waals surface area contributed by atoms with Crippen LogP contribution in [0, 0.1) is 0 Å². The maximum atomic E-state index is 12.4. The number of unbranched alkanes of at least 4 members (excludes halogenated alkanes) is 1. The smallest absolute Gasteiger partial charge is 0.273 e. The topological polar surface area (TPSA) is 67.2 Å². The van der Waals surface area contributed by atoms with Crippen molar-refractivity contribution in [3.8, 4) is 0 Å². The Morgan fingerprint density at radius 3 is 2.71 bits per heavy atom. The van der Waals surface area contributed by atoms with Gasteiger partial charge in [-0.05, 0) is 51.1 Å². The van der Waals surface area contributed by atoms with Gasteiger partial charge in [0.05, 0.1) is 0 Å². The van der Waals surface area contributed by atoms with E-state index in [1.807, 2.05) is 0 Å². The fourth-order valence-electron chi connectivity index (χ4n) is 3.08. The average molecular weight is 291 g/mol. The predicted octanol–water partition coefficient (Wildman–Crippen LogP) is 2.55. The van der Waals surface area contributed by atoms with Crippen LogP contribution >= 0.6 is 0 Å². The Bertz CT molecular complexity index is 488. The Labute approximate surface area is 125 Å². The third-order valence-corrected chi connectivity index (χ3v) is 4.48. The molecule has 0 bridgehead atoms. The number of piperidine rings is 1. The van der Waals surface area contributed by atoms with Gasteiger partial charge in [-0.2, -0.15) is 0 Å². The minimum atomic E-state index is -0.0624. The maximum Gasteiger partial charge on any atom is 0.273 e. The van der Waals surface area contributed by atoms with Gasteiger partial charge in [-0.1, -0.05) is 18.5 Å². The summed E-state index contributed by atoms with van der Waals surface area (Å²) in [5.74, 6) is 1.84. The van der Waals surface area contributed by atoms with Gasteiger partial charge in [-0.3, -0.25) is 4.79 Å². The first-order valence-electron chi connectivity index (χ1n) is 8.29. The van der Waals surface area contributed by atoms with Crippen LogP contribution in [0.25, 0.3) is 0 Å².